The van der Waals surface area contributed by atoms with Crippen LogP contribution in [0.2, 0.25) is 0 Å². The Bertz CT molecular complexity index is 316. The van der Waals surface area contributed by atoms with E-state index < -0.39 is 0 Å². The Kier molecular flexibility index (Phi) is 2.99. The third kappa shape index (κ3) is 2.04. The normalized spacial score (nSPS) is 26.4. The molecule has 2 nitrogen and oxygen atoms in total. The number of ether oxygens (including phenoxy) is 1. The molecule has 1 saturated heterocycles. The Labute approximate surface area is 89.0 Å². The van der Waals surface area contributed by atoms with Crippen LogP contribution in [0.25, 0.3) is 0 Å². The van der Waals surface area contributed by atoms with E-state index in [2.05, 4.69) is 24.4 Å². The van der Waals surface area contributed by atoms with Crippen LogP contribution in [-0.2, 0) is 0 Å². The predicted octanol–water partition coefficient (Wildman–Crippen LogP) is 2.42. The van der Waals surface area contributed by atoms with Gasteiger partial charge in [-0.05, 0) is 17.7 Å². The summed E-state index contributed by atoms with van der Waals surface area (Å²) in [7, 11) is 1.71. The lowest BCUT2D eigenvalue weighted by molar-refractivity contribution is 0.414. The zero-order chi connectivity index (χ0) is 9.97. The van der Waals surface area contributed by atoms with Gasteiger partial charge in [0.15, 0.2) is 0 Å². The number of nitrogens with one attached hydrogen (secondary N) is 1. The fraction of sp³-hybridized carbons (Fsp3) is 0.455. The molecular weight excluding hydrogens is 194 g/mol. The molecule has 0 amide bonds. The Morgan fingerprint density at radius 2 is 2.36 bits per heavy atom. The maximum atomic E-state index is 5.20. The largest absolute Gasteiger partial charge is 0.497 e. The van der Waals surface area contributed by atoms with Gasteiger partial charge in [0.25, 0.3) is 0 Å². The minimum atomic E-state index is 0.431. The molecule has 0 bridgehead atoms. The Morgan fingerprint density at radius 1 is 1.50 bits per heavy atom. The molecule has 0 radical (unpaired) electrons. The van der Waals surface area contributed by atoms with Gasteiger partial charge in [-0.1, -0.05) is 19.1 Å². The summed E-state index contributed by atoms with van der Waals surface area (Å²) in [5.74, 6) is 0.935. The predicted molar refractivity (Wildman–Crippen MR) is 60.8 cm³/mol. The third-order valence-electron chi connectivity index (χ3n) is 2.36. The van der Waals surface area contributed by atoms with Gasteiger partial charge < -0.3 is 10.1 Å². The van der Waals surface area contributed by atoms with Crippen LogP contribution < -0.4 is 10.1 Å². The van der Waals surface area contributed by atoms with E-state index in [0.29, 0.717) is 10.6 Å². The van der Waals surface area contributed by atoms with Crippen molar-refractivity contribution in [3.05, 3.63) is 29.8 Å². The lowest BCUT2D eigenvalue weighted by Crippen LogP contribution is -2.13. The Balaban J connectivity index is 2.15. The molecule has 2 unspecified atom stereocenters. The summed E-state index contributed by atoms with van der Waals surface area (Å²) in [6.45, 7) is 3.34. The summed E-state index contributed by atoms with van der Waals surface area (Å²) in [5.41, 5.74) is 1.30. The van der Waals surface area contributed by atoms with Gasteiger partial charge in [0.1, 0.15) is 5.75 Å². The fourth-order valence-electron chi connectivity index (χ4n) is 1.60. The van der Waals surface area contributed by atoms with Crippen molar-refractivity contribution in [2.45, 2.75) is 17.5 Å². The zero-order valence-electron chi connectivity index (χ0n) is 8.49. The molecule has 1 heterocycles. The first-order chi connectivity index (χ1) is 6.79. The molecule has 0 saturated carbocycles. The molecule has 2 atom stereocenters. The molecule has 0 aromatic heterocycles. The van der Waals surface area contributed by atoms with E-state index in [4.69, 9.17) is 4.74 Å². The molecule has 1 N–H and O–H groups in total. The van der Waals surface area contributed by atoms with Gasteiger partial charge in [-0.2, -0.15) is 0 Å². The number of rotatable bonds is 2. The highest BCUT2D eigenvalue weighted by molar-refractivity contribution is 8.00. The van der Waals surface area contributed by atoms with Crippen LogP contribution >= 0.6 is 11.8 Å². The van der Waals surface area contributed by atoms with Gasteiger partial charge in [0, 0.05) is 11.8 Å². The van der Waals surface area contributed by atoms with Gasteiger partial charge in [-0.3, -0.25) is 0 Å². The lowest BCUT2D eigenvalue weighted by Gasteiger charge is -2.11. The number of benzene rings is 1. The summed E-state index contributed by atoms with van der Waals surface area (Å²) >= 11 is 1.97. The van der Waals surface area contributed by atoms with Gasteiger partial charge in [0.2, 0.25) is 0 Å². The van der Waals surface area contributed by atoms with Gasteiger partial charge in [-0.15, -0.1) is 11.8 Å². The SMILES string of the molecule is COc1cccc(C2NCC(C)S2)c1. The van der Waals surface area contributed by atoms with E-state index in [1.165, 1.54) is 5.56 Å². The van der Waals surface area contributed by atoms with E-state index in [0.717, 1.165) is 12.3 Å². The quantitative estimate of drug-likeness (QED) is 0.808. The number of hydrogen-bond donors (Lipinski definition) is 1. The maximum absolute atomic E-state index is 5.20. The smallest absolute Gasteiger partial charge is 0.119 e. The summed E-state index contributed by atoms with van der Waals surface area (Å²) in [6.07, 6.45) is 0. The number of methoxy groups -OCH3 is 1. The summed E-state index contributed by atoms with van der Waals surface area (Å²) in [4.78, 5) is 0. The fourth-order valence-corrected chi connectivity index (χ4v) is 2.76. The van der Waals surface area contributed by atoms with Crippen LogP contribution in [-0.4, -0.2) is 18.9 Å². The summed E-state index contributed by atoms with van der Waals surface area (Å²) in [6, 6.07) is 8.26. The van der Waals surface area contributed by atoms with Crippen molar-refractivity contribution in [2.24, 2.45) is 0 Å². The molecule has 3 heteroatoms. The van der Waals surface area contributed by atoms with Crippen molar-refractivity contribution >= 4 is 11.8 Å². The van der Waals surface area contributed by atoms with E-state index in [1.807, 2.05) is 23.9 Å². The highest BCUT2D eigenvalue weighted by Gasteiger charge is 2.22. The van der Waals surface area contributed by atoms with Crippen molar-refractivity contribution in [3.63, 3.8) is 0 Å². The molecule has 1 aromatic rings. The number of thioether (sulfide) groups is 1. The van der Waals surface area contributed by atoms with E-state index >= 15 is 0 Å². The average Bonchev–Trinajstić information content (AvgIpc) is 2.65. The highest BCUT2D eigenvalue weighted by atomic mass is 32.2. The Hall–Kier alpha value is -0.670. The first-order valence-electron chi connectivity index (χ1n) is 4.82. The molecule has 0 aliphatic carbocycles. The van der Waals surface area contributed by atoms with Gasteiger partial charge >= 0.3 is 0 Å². The molecule has 14 heavy (non-hydrogen) atoms. The van der Waals surface area contributed by atoms with Crippen molar-refractivity contribution in [1.82, 2.24) is 5.32 Å². The summed E-state index contributed by atoms with van der Waals surface area (Å²) in [5, 5.41) is 4.61. The van der Waals surface area contributed by atoms with Crippen LogP contribution in [0.15, 0.2) is 24.3 Å². The van der Waals surface area contributed by atoms with Crippen molar-refractivity contribution in [3.8, 4) is 5.75 Å². The molecular formula is C11H15NOS. The van der Waals surface area contributed by atoms with E-state index in [-0.39, 0.29) is 0 Å². The van der Waals surface area contributed by atoms with Crippen LogP contribution in [0.3, 0.4) is 0 Å². The maximum Gasteiger partial charge on any atom is 0.119 e. The van der Waals surface area contributed by atoms with Crippen molar-refractivity contribution < 1.29 is 4.74 Å². The number of hydrogen-bond acceptors (Lipinski definition) is 3. The first-order valence-corrected chi connectivity index (χ1v) is 5.76. The molecule has 1 aliphatic heterocycles. The van der Waals surface area contributed by atoms with Crippen LogP contribution in [0.1, 0.15) is 17.9 Å². The van der Waals surface area contributed by atoms with Gasteiger partial charge in [0.05, 0.1) is 12.5 Å². The monoisotopic (exact) mass is 209 g/mol. The molecule has 1 aromatic carbocycles. The Morgan fingerprint density at radius 3 is 3.00 bits per heavy atom. The molecule has 1 aliphatic rings. The van der Waals surface area contributed by atoms with Crippen LogP contribution in [0.5, 0.6) is 5.75 Å². The second-order valence-corrected chi connectivity index (χ2v) is 5.06. The second kappa shape index (κ2) is 4.24. The van der Waals surface area contributed by atoms with E-state index in [1.54, 1.807) is 7.11 Å². The highest BCUT2D eigenvalue weighted by Crippen LogP contribution is 2.35. The van der Waals surface area contributed by atoms with Crippen LogP contribution in [0, 0.1) is 0 Å². The summed E-state index contributed by atoms with van der Waals surface area (Å²) < 4.78 is 5.20. The molecule has 76 valence electrons. The molecule has 1 fully saturated rings. The zero-order valence-corrected chi connectivity index (χ0v) is 9.30. The standard InChI is InChI=1S/C11H15NOS/c1-8-7-12-11(14-8)9-4-3-5-10(6-9)13-2/h3-6,8,11-12H,7H2,1-2H3. The van der Waals surface area contributed by atoms with Gasteiger partial charge in [-0.25, -0.2) is 0 Å². The minimum absolute atomic E-state index is 0.431. The third-order valence-corrected chi connectivity index (χ3v) is 3.70. The van der Waals surface area contributed by atoms with Crippen LogP contribution in [0.4, 0.5) is 0 Å². The first kappa shape index (κ1) is 9.87. The lowest BCUT2D eigenvalue weighted by atomic mass is 10.2. The second-order valence-electron chi connectivity index (χ2n) is 3.51. The molecule has 2 rings (SSSR count). The van der Waals surface area contributed by atoms with E-state index in [9.17, 15) is 0 Å². The topological polar surface area (TPSA) is 21.3 Å². The average molecular weight is 209 g/mol. The van der Waals surface area contributed by atoms with Crippen molar-refractivity contribution in [1.29, 1.82) is 0 Å². The van der Waals surface area contributed by atoms with Crippen molar-refractivity contribution in [2.75, 3.05) is 13.7 Å². The minimum Gasteiger partial charge on any atom is -0.497 e. The molecule has 0 spiro atoms.